The van der Waals surface area contributed by atoms with Gasteiger partial charge in [-0.1, -0.05) is 13.8 Å². The van der Waals surface area contributed by atoms with Crippen molar-refractivity contribution >= 4 is 17.3 Å². The number of nitrogens with one attached hydrogen (secondary N) is 1. The molecule has 0 aromatic heterocycles. The highest BCUT2D eigenvalue weighted by Gasteiger charge is 2.44. The number of benzene rings is 1. The first-order chi connectivity index (χ1) is 8.44. The summed E-state index contributed by atoms with van der Waals surface area (Å²) in [6, 6.07) is 5.34. The van der Waals surface area contributed by atoms with Crippen molar-refractivity contribution in [3.63, 3.8) is 0 Å². The normalized spacial score (nSPS) is 16.6. The van der Waals surface area contributed by atoms with Gasteiger partial charge < -0.3 is 16.8 Å². The van der Waals surface area contributed by atoms with Gasteiger partial charge in [0.15, 0.2) is 0 Å². The van der Waals surface area contributed by atoms with E-state index in [2.05, 4.69) is 19.2 Å². The van der Waals surface area contributed by atoms with Gasteiger partial charge in [0.25, 0.3) is 5.91 Å². The van der Waals surface area contributed by atoms with Crippen molar-refractivity contribution < 1.29 is 4.79 Å². The van der Waals surface area contributed by atoms with Crippen LogP contribution in [0.15, 0.2) is 18.2 Å². The fourth-order valence-corrected chi connectivity index (χ4v) is 2.28. The number of hydrogen-bond donors (Lipinski definition) is 3. The van der Waals surface area contributed by atoms with Crippen LogP contribution in [-0.2, 0) is 0 Å². The average molecular weight is 247 g/mol. The van der Waals surface area contributed by atoms with Crippen LogP contribution in [0.25, 0.3) is 0 Å². The molecule has 2 rings (SSSR count). The van der Waals surface area contributed by atoms with Crippen LogP contribution in [0.5, 0.6) is 0 Å². The molecule has 0 spiro atoms. The second-order valence-electron chi connectivity index (χ2n) is 5.54. The van der Waals surface area contributed by atoms with Crippen molar-refractivity contribution in [2.24, 2.45) is 17.1 Å². The molecular formula is C14H21N3O. The lowest BCUT2D eigenvalue weighted by Crippen LogP contribution is -2.21. The number of carbonyl (C=O) groups excluding carboxylic acids is 1. The van der Waals surface area contributed by atoms with E-state index in [0.717, 1.165) is 12.2 Å². The lowest BCUT2D eigenvalue weighted by atomic mass is 9.92. The van der Waals surface area contributed by atoms with Gasteiger partial charge in [0.05, 0.1) is 5.56 Å². The number of hydrogen-bond acceptors (Lipinski definition) is 3. The Labute approximate surface area is 108 Å². The van der Waals surface area contributed by atoms with Crippen LogP contribution in [0.3, 0.4) is 0 Å². The van der Waals surface area contributed by atoms with Crippen LogP contribution in [0.1, 0.15) is 37.0 Å². The number of nitrogens with two attached hydrogens (primary N) is 2. The fourth-order valence-electron chi connectivity index (χ4n) is 2.28. The number of amides is 1. The van der Waals surface area contributed by atoms with Gasteiger partial charge in [-0.3, -0.25) is 4.79 Å². The van der Waals surface area contributed by atoms with E-state index < -0.39 is 5.91 Å². The zero-order valence-corrected chi connectivity index (χ0v) is 11.0. The molecule has 98 valence electrons. The van der Waals surface area contributed by atoms with Crippen LogP contribution in [0.4, 0.5) is 11.4 Å². The van der Waals surface area contributed by atoms with Gasteiger partial charge in [-0.15, -0.1) is 0 Å². The predicted molar refractivity (Wildman–Crippen MR) is 74.4 cm³/mol. The molecule has 0 aliphatic heterocycles. The molecule has 1 aliphatic rings. The van der Waals surface area contributed by atoms with Crippen molar-refractivity contribution in [3.05, 3.63) is 23.8 Å². The van der Waals surface area contributed by atoms with Crippen molar-refractivity contribution in [2.75, 3.05) is 17.6 Å². The van der Waals surface area contributed by atoms with E-state index >= 15 is 0 Å². The summed E-state index contributed by atoms with van der Waals surface area (Å²) in [5.74, 6) is 0.190. The summed E-state index contributed by atoms with van der Waals surface area (Å²) in [6.45, 7) is 5.45. The molecule has 1 saturated carbocycles. The lowest BCUT2D eigenvalue weighted by molar-refractivity contribution is 0.100. The van der Waals surface area contributed by atoms with Gasteiger partial charge in [0.1, 0.15) is 0 Å². The first kappa shape index (κ1) is 12.7. The van der Waals surface area contributed by atoms with Crippen LogP contribution >= 0.6 is 0 Å². The van der Waals surface area contributed by atoms with E-state index in [1.165, 1.54) is 12.8 Å². The summed E-state index contributed by atoms with van der Waals surface area (Å²) in [4.78, 5) is 11.2. The minimum atomic E-state index is -0.485. The summed E-state index contributed by atoms with van der Waals surface area (Å²) in [5.41, 5.74) is 13.1. The second kappa shape index (κ2) is 4.52. The van der Waals surface area contributed by atoms with E-state index in [4.69, 9.17) is 11.5 Å². The Kier molecular flexibility index (Phi) is 3.20. The third-order valence-corrected chi connectivity index (χ3v) is 4.08. The molecule has 0 unspecified atom stereocenters. The Morgan fingerprint density at radius 3 is 2.61 bits per heavy atom. The Morgan fingerprint density at radius 2 is 2.11 bits per heavy atom. The summed E-state index contributed by atoms with van der Waals surface area (Å²) < 4.78 is 0. The van der Waals surface area contributed by atoms with Gasteiger partial charge in [0.2, 0.25) is 0 Å². The highest BCUT2D eigenvalue weighted by Crippen LogP contribution is 2.51. The van der Waals surface area contributed by atoms with Crippen LogP contribution in [-0.4, -0.2) is 12.5 Å². The number of primary amides is 1. The molecule has 0 saturated heterocycles. The van der Waals surface area contributed by atoms with Crippen molar-refractivity contribution in [1.82, 2.24) is 0 Å². The Bertz CT molecular complexity index is 464. The quantitative estimate of drug-likeness (QED) is 0.698. The maximum Gasteiger partial charge on any atom is 0.250 e. The molecule has 1 fully saturated rings. The van der Waals surface area contributed by atoms with Crippen LogP contribution in [0.2, 0.25) is 0 Å². The summed E-state index contributed by atoms with van der Waals surface area (Å²) in [7, 11) is 0. The molecule has 1 aliphatic carbocycles. The molecule has 4 nitrogen and oxygen atoms in total. The maximum absolute atomic E-state index is 11.2. The van der Waals surface area contributed by atoms with Crippen molar-refractivity contribution in [1.29, 1.82) is 0 Å². The molecule has 1 aromatic carbocycles. The Balaban J connectivity index is 2.06. The highest BCUT2D eigenvalue weighted by molar-refractivity contribution is 5.98. The predicted octanol–water partition coefficient (Wildman–Crippen LogP) is 2.22. The first-order valence-corrected chi connectivity index (χ1v) is 6.38. The molecule has 0 heterocycles. The van der Waals surface area contributed by atoms with E-state index in [0.29, 0.717) is 22.6 Å². The van der Waals surface area contributed by atoms with Crippen LogP contribution in [0, 0.1) is 11.3 Å². The molecule has 4 heteroatoms. The zero-order valence-electron chi connectivity index (χ0n) is 11.0. The minimum absolute atomic E-state index is 0.384. The molecule has 18 heavy (non-hydrogen) atoms. The highest BCUT2D eigenvalue weighted by atomic mass is 16.1. The van der Waals surface area contributed by atoms with E-state index in [1.54, 1.807) is 12.1 Å². The molecule has 1 amide bonds. The van der Waals surface area contributed by atoms with E-state index in [1.807, 2.05) is 6.07 Å². The third-order valence-electron chi connectivity index (χ3n) is 4.08. The molecule has 0 atom stereocenters. The van der Waals surface area contributed by atoms with Gasteiger partial charge in [-0.25, -0.2) is 0 Å². The number of anilines is 2. The Morgan fingerprint density at radius 1 is 1.44 bits per heavy atom. The first-order valence-electron chi connectivity index (χ1n) is 6.38. The summed E-state index contributed by atoms with van der Waals surface area (Å²) in [6.07, 6.45) is 2.55. The van der Waals surface area contributed by atoms with E-state index in [-0.39, 0.29) is 0 Å². The smallest absolute Gasteiger partial charge is 0.250 e. The number of nitrogen functional groups attached to an aromatic ring is 1. The molecule has 1 aromatic rings. The molecule has 0 bridgehead atoms. The zero-order chi connectivity index (χ0) is 13.3. The van der Waals surface area contributed by atoms with Gasteiger partial charge in [-0.05, 0) is 42.4 Å². The largest absolute Gasteiger partial charge is 0.398 e. The fraction of sp³-hybridized carbons (Fsp3) is 0.500. The minimum Gasteiger partial charge on any atom is -0.398 e. The average Bonchev–Trinajstić information content (AvgIpc) is 3.08. The number of rotatable bonds is 5. The van der Waals surface area contributed by atoms with Crippen molar-refractivity contribution in [2.45, 2.75) is 26.7 Å². The standard InChI is InChI=1S/C14H21N3O/c1-9(2)14(5-6-14)8-17-10-3-4-12(15)11(7-10)13(16)18/h3-4,7,9,17H,5-6,8,15H2,1-2H3,(H2,16,18). The van der Waals surface area contributed by atoms with Gasteiger partial charge in [0, 0.05) is 17.9 Å². The van der Waals surface area contributed by atoms with Gasteiger partial charge in [-0.2, -0.15) is 0 Å². The maximum atomic E-state index is 11.2. The summed E-state index contributed by atoms with van der Waals surface area (Å²) >= 11 is 0. The topological polar surface area (TPSA) is 81.1 Å². The molecule has 5 N–H and O–H groups in total. The van der Waals surface area contributed by atoms with E-state index in [9.17, 15) is 4.79 Å². The monoisotopic (exact) mass is 247 g/mol. The second-order valence-corrected chi connectivity index (χ2v) is 5.54. The number of carbonyl (C=O) groups is 1. The van der Waals surface area contributed by atoms with Crippen molar-refractivity contribution in [3.8, 4) is 0 Å². The lowest BCUT2D eigenvalue weighted by Gasteiger charge is -2.21. The molecular weight excluding hydrogens is 226 g/mol. The molecule has 0 radical (unpaired) electrons. The SMILES string of the molecule is CC(C)C1(CNc2ccc(N)c(C(N)=O)c2)CC1. The Hall–Kier alpha value is -1.71. The van der Waals surface area contributed by atoms with Gasteiger partial charge >= 0.3 is 0 Å². The summed E-state index contributed by atoms with van der Waals surface area (Å²) in [5, 5.41) is 3.39. The third kappa shape index (κ3) is 2.42. The van der Waals surface area contributed by atoms with Crippen LogP contribution < -0.4 is 16.8 Å².